The molecule has 1 rings (SSSR count). The highest BCUT2D eigenvalue weighted by molar-refractivity contribution is 7.98. The Bertz CT molecular complexity index is 299. The highest BCUT2D eigenvalue weighted by atomic mass is 32.2. The van der Waals surface area contributed by atoms with Crippen molar-refractivity contribution < 1.29 is 4.74 Å². The zero-order chi connectivity index (χ0) is 10.6. The molecule has 78 valence electrons. The van der Waals surface area contributed by atoms with Crippen molar-refractivity contribution in [1.29, 1.82) is 0 Å². The van der Waals surface area contributed by atoms with Crippen molar-refractivity contribution in [2.75, 3.05) is 13.4 Å². The molecule has 3 heteroatoms. The van der Waals surface area contributed by atoms with Crippen molar-refractivity contribution in [3.8, 4) is 5.75 Å². The molecule has 0 spiro atoms. The van der Waals surface area contributed by atoms with Gasteiger partial charge < -0.3 is 10.5 Å². The van der Waals surface area contributed by atoms with Crippen LogP contribution in [0.15, 0.2) is 23.1 Å². The molecule has 0 saturated heterocycles. The Morgan fingerprint density at radius 1 is 1.50 bits per heavy atom. The zero-order valence-electron chi connectivity index (χ0n) is 8.91. The SMILES string of the molecule is COc1ccc(CC(C)N)cc1SC. The Balaban J connectivity index is 2.89. The van der Waals surface area contributed by atoms with Crippen LogP contribution in [0.5, 0.6) is 5.75 Å². The number of hydrogen-bond acceptors (Lipinski definition) is 3. The summed E-state index contributed by atoms with van der Waals surface area (Å²) in [5.41, 5.74) is 7.02. The summed E-state index contributed by atoms with van der Waals surface area (Å²) >= 11 is 1.70. The van der Waals surface area contributed by atoms with Crippen LogP contribution < -0.4 is 10.5 Å². The first kappa shape index (κ1) is 11.4. The van der Waals surface area contributed by atoms with Crippen molar-refractivity contribution in [3.63, 3.8) is 0 Å². The van der Waals surface area contributed by atoms with Crippen LogP contribution in [0.1, 0.15) is 12.5 Å². The molecule has 1 atom stereocenters. The maximum atomic E-state index is 5.75. The minimum Gasteiger partial charge on any atom is -0.496 e. The number of hydrogen-bond donors (Lipinski definition) is 1. The van der Waals surface area contributed by atoms with Gasteiger partial charge in [-0.3, -0.25) is 0 Å². The molecule has 0 amide bonds. The Morgan fingerprint density at radius 2 is 2.21 bits per heavy atom. The summed E-state index contributed by atoms with van der Waals surface area (Å²) in [6, 6.07) is 6.43. The Hall–Kier alpha value is -0.670. The summed E-state index contributed by atoms with van der Waals surface area (Å²) < 4.78 is 5.24. The summed E-state index contributed by atoms with van der Waals surface area (Å²) in [4.78, 5) is 1.17. The first-order chi connectivity index (χ1) is 6.67. The average molecular weight is 211 g/mol. The predicted octanol–water partition coefficient (Wildman–Crippen LogP) is 2.31. The fourth-order valence-corrected chi connectivity index (χ4v) is 2.00. The van der Waals surface area contributed by atoms with E-state index >= 15 is 0 Å². The van der Waals surface area contributed by atoms with Gasteiger partial charge in [0, 0.05) is 10.9 Å². The highest BCUT2D eigenvalue weighted by Gasteiger charge is 2.04. The number of ether oxygens (including phenoxy) is 1. The first-order valence-electron chi connectivity index (χ1n) is 4.64. The molecule has 0 aliphatic heterocycles. The summed E-state index contributed by atoms with van der Waals surface area (Å²) in [6.07, 6.45) is 2.96. The van der Waals surface area contributed by atoms with Crippen LogP contribution in [-0.4, -0.2) is 19.4 Å². The van der Waals surface area contributed by atoms with E-state index in [1.165, 1.54) is 10.5 Å². The largest absolute Gasteiger partial charge is 0.496 e. The van der Waals surface area contributed by atoms with Crippen molar-refractivity contribution in [1.82, 2.24) is 0 Å². The van der Waals surface area contributed by atoms with E-state index in [1.807, 2.05) is 19.2 Å². The molecule has 0 aromatic heterocycles. The van der Waals surface area contributed by atoms with Gasteiger partial charge in [-0.15, -0.1) is 11.8 Å². The van der Waals surface area contributed by atoms with E-state index in [9.17, 15) is 0 Å². The van der Waals surface area contributed by atoms with Crippen LogP contribution in [0.2, 0.25) is 0 Å². The highest BCUT2D eigenvalue weighted by Crippen LogP contribution is 2.28. The van der Waals surface area contributed by atoms with E-state index in [-0.39, 0.29) is 6.04 Å². The van der Waals surface area contributed by atoms with Gasteiger partial charge in [-0.05, 0) is 37.3 Å². The van der Waals surface area contributed by atoms with E-state index in [1.54, 1.807) is 18.9 Å². The van der Waals surface area contributed by atoms with Crippen LogP contribution in [0, 0.1) is 0 Å². The van der Waals surface area contributed by atoms with Gasteiger partial charge in [0.25, 0.3) is 0 Å². The van der Waals surface area contributed by atoms with Crippen molar-refractivity contribution in [3.05, 3.63) is 23.8 Å². The second-order valence-corrected chi connectivity index (χ2v) is 4.22. The number of thioether (sulfide) groups is 1. The van der Waals surface area contributed by atoms with Gasteiger partial charge in [-0.25, -0.2) is 0 Å². The molecule has 0 aliphatic rings. The topological polar surface area (TPSA) is 35.2 Å². The van der Waals surface area contributed by atoms with Crippen molar-refractivity contribution in [2.24, 2.45) is 5.73 Å². The number of nitrogens with two attached hydrogens (primary N) is 1. The predicted molar refractivity (Wildman–Crippen MR) is 62.1 cm³/mol. The molecular weight excluding hydrogens is 194 g/mol. The van der Waals surface area contributed by atoms with Crippen LogP contribution in [0.25, 0.3) is 0 Å². The fraction of sp³-hybridized carbons (Fsp3) is 0.455. The van der Waals surface area contributed by atoms with Gasteiger partial charge in [0.1, 0.15) is 5.75 Å². The standard InChI is InChI=1S/C11H17NOS/c1-8(12)6-9-4-5-10(13-2)11(7-9)14-3/h4-5,7-8H,6,12H2,1-3H3. The molecule has 1 aromatic carbocycles. The summed E-state index contributed by atoms with van der Waals surface area (Å²) in [7, 11) is 1.69. The summed E-state index contributed by atoms with van der Waals surface area (Å²) in [5.74, 6) is 0.936. The Kier molecular flexibility index (Phi) is 4.29. The average Bonchev–Trinajstić information content (AvgIpc) is 2.16. The van der Waals surface area contributed by atoms with Crippen LogP contribution in [-0.2, 0) is 6.42 Å². The maximum Gasteiger partial charge on any atom is 0.132 e. The third-order valence-corrected chi connectivity index (χ3v) is 2.76. The third kappa shape index (κ3) is 2.93. The number of benzene rings is 1. The third-order valence-electron chi connectivity index (χ3n) is 2.01. The second kappa shape index (κ2) is 5.27. The van der Waals surface area contributed by atoms with E-state index in [2.05, 4.69) is 12.1 Å². The minimum atomic E-state index is 0.207. The van der Waals surface area contributed by atoms with Crippen molar-refractivity contribution >= 4 is 11.8 Å². The van der Waals surface area contributed by atoms with Gasteiger partial charge in [-0.1, -0.05) is 6.07 Å². The first-order valence-corrected chi connectivity index (χ1v) is 5.86. The molecule has 1 unspecified atom stereocenters. The summed E-state index contributed by atoms with van der Waals surface area (Å²) in [6.45, 7) is 2.02. The van der Waals surface area contributed by atoms with Crippen LogP contribution in [0.4, 0.5) is 0 Å². The molecule has 0 saturated carbocycles. The molecule has 1 aromatic rings. The molecular formula is C11H17NOS. The maximum absolute atomic E-state index is 5.75. The van der Waals surface area contributed by atoms with E-state index in [0.29, 0.717) is 0 Å². The second-order valence-electron chi connectivity index (χ2n) is 3.37. The van der Waals surface area contributed by atoms with Gasteiger partial charge in [-0.2, -0.15) is 0 Å². The number of rotatable bonds is 4. The van der Waals surface area contributed by atoms with Crippen LogP contribution in [0.3, 0.4) is 0 Å². The van der Waals surface area contributed by atoms with E-state index in [0.717, 1.165) is 12.2 Å². The lowest BCUT2D eigenvalue weighted by molar-refractivity contribution is 0.404. The van der Waals surface area contributed by atoms with Crippen LogP contribution >= 0.6 is 11.8 Å². The molecule has 0 fully saturated rings. The Morgan fingerprint density at radius 3 is 2.71 bits per heavy atom. The monoisotopic (exact) mass is 211 g/mol. The van der Waals surface area contributed by atoms with Gasteiger partial charge in [0.05, 0.1) is 7.11 Å². The summed E-state index contributed by atoms with van der Waals surface area (Å²) in [5, 5.41) is 0. The van der Waals surface area contributed by atoms with Gasteiger partial charge >= 0.3 is 0 Å². The molecule has 0 radical (unpaired) electrons. The fourth-order valence-electron chi connectivity index (χ4n) is 1.38. The van der Waals surface area contributed by atoms with Crippen molar-refractivity contribution in [2.45, 2.75) is 24.3 Å². The Labute approximate surface area is 89.8 Å². The van der Waals surface area contributed by atoms with Gasteiger partial charge in [0.15, 0.2) is 0 Å². The lowest BCUT2D eigenvalue weighted by Crippen LogP contribution is -2.17. The molecule has 14 heavy (non-hydrogen) atoms. The molecule has 2 nitrogen and oxygen atoms in total. The zero-order valence-corrected chi connectivity index (χ0v) is 9.73. The van der Waals surface area contributed by atoms with Gasteiger partial charge in [0.2, 0.25) is 0 Å². The van der Waals surface area contributed by atoms with E-state index in [4.69, 9.17) is 10.5 Å². The normalized spacial score (nSPS) is 12.6. The molecule has 2 N–H and O–H groups in total. The lowest BCUT2D eigenvalue weighted by atomic mass is 10.1. The smallest absolute Gasteiger partial charge is 0.132 e. The molecule has 0 aliphatic carbocycles. The lowest BCUT2D eigenvalue weighted by Gasteiger charge is -2.10. The minimum absolute atomic E-state index is 0.207. The molecule has 0 bridgehead atoms. The molecule has 0 heterocycles. The quantitative estimate of drug-likeness (QED) is 0.776. The number of methoxy groups -OCH3 is 1. The van der Waals surface area contributed by atoms with E-state index < -0.39 is 0 Å².